The molecule has 0 saturated carbocycles. The standard InChI is InChI=1S/C15H12BrCl2IO2/c1-20-12-6-4-9(15(21-2)13(12)16)14(18)10-7-8(17)3-5-11(10)19/h3-7,14H,1-2H3. The van der Waals surface area contributed by atoms with Crippen LogP contribution in [0.25, 0.3) is 0 Å². The predicted octanol–water partition coefficient (Wildman–Crippen LogP) is 6.05. The number of alkyl halides is 1. The minimum Gasteiger partial charge on any atom is -0.495 e. The van der Waals surface area contributed by atoms with Crippen LogP contribution < -0.4 is 9.47 Å². The highest BCUT2D eigenvalue weighted by Crippen LogP contribution is 2.44. The molecule has 2 rings (SSSR count). The van der Waals surface area contributed by atoms with Gasteiger partial charge in [-0.25, -0.2) is 0 Å². The summed E-state index contributed by atoms with van der Waals surface area (Å²) in [4.78, 5) is 0. The van der Waals surface area contributed by atoms with Crippen molar-refractivity contribution in [2.75, 3.05) is 14.2 Å². The number of hydrogen-bond acceptors (Lipinski definition) is 2. The summed E-state index contributed by atoms with van der Waals surface area (Å²) in [6.07, 6.45) is 0. The van der Waals surface area contributed by atoms with Gasteiger partial charge in [0.2, 0.25) is 0 Å². The monoisotopic (exact) mass is 500 g/mol. The van der Waals surface area contributed by atoms with Crippen LogP contribution in [0.4, 0.5) is 0 Å². The lowest BCUT2D eigenvalue weighted by Crippen LogP contribution is -2.01. The van der Waals surface area contributed by atoms with Crippen molar-refractivity contribution in [2.45, 2.75) is 5.38 Å². The van der Waals surface area contributed by atoms with Crippen molar-refractivity contribution in [3.8, 4) is 11.5 Å². The number of rotatable bonds is 4. The Morgan fingerprint density at radius 2 is 1.81 bits per heavy atom. The highest BCUT2D eigenvalue weighted by atomic mass is 127. The summed E-state index contributed by atoms with van der Waals surface area (Å²) >= 11 is 18.5. The Kier molecular flexibility index (Phi) is 6.05. The van der Waals surface area contributed by atoms with E-state index < -0.39 is 0 Å². The first-order chi connectivity index (χ1) is 9.99. The van der Waals surface area contributed by atoms with Gasteiger partial charge < -0.3 is 9.47 Å². The predicted molar refractivity (Wildman–Crippen MR) is 99.1 cm³/mol. The molecule has 0 aliphatic heterocycles. The van der Waals surface area contributed by atoms with Gasteiger partial charge >= 0.3 is 0 Å². The van der Waals surface area contributed by atoms with Crippen LogP contribution in [0.3, 0.4) is 0 Å². The summed E-state index contributed by atoms with van der Waals surface area (Å²) < 4.78 is 12.6. The molecule has 1 atom stereocenters. The number of methoxy groups -OCH3 is 2. The lowest BCUT2D eigenvalue weighted by atomic mass is 10.0. The quantitative estimate of drug-likeness (QED) is 0.375. The molecule has 21 heavy (non-hydrogen) atoms. The van der Waals surface area contributed by atoms with Crippen LogP contribution in [0, 0.1) is 3.57 Å². The number of benzene rings is 2. The van der Waals surface area contributed by atoms with Crippen LogP contribution in [-0.2, 0) is 0 Å². The van der Waals surface area contributed by atoms with E-state index >= 15 is 0 Å². The molecule has 0 bridgehead atoms. The Labute approximate surface area is 156 Å². The summed E-state index contributed by atoms with van der Waals surface area (Å²) in [6, 6.07) is 9.42. The fourth-order valence-electron chi connectivity index (χ4n) is 1.99. The van der Waals surface area contributed by atoms with Gasteiger partial charge in [-0.15, -0.1) is 11.6 Å². The van der Waals surface area contributed by atoms with Crippen LogP contribution in [0.1, 0.15) is 16.5 Å². The second-order valence-electron chi connectivity index (χ2n) is 4.23. The Morgan fingerprint density at radius 1 is 1.10 bits per heavy atom. The van der Waals surface area contributed by atoms with Crippen LogP contribution in [0.5, 0.6) is 11.5 Å². The number of ether oxygens (including phenoxy) is 2. The maximum atomic E-state index is 6.66. The van der Waals surface area contributed by atoms with E-state index in [-0.39, 0.29) is 5.38 Å². The van der Waals surface area contributed by atoms with E-state index in [1.807, 2.05) is 30.3 Å². The normalized spacial score (nSPS) is 12.1. The third kappa shape index (κ3) is 3.60. The van der Waals surface area contributed by atoms with Crippen LogP contribution >= 0.6 is 61.7 Å². The maximum absolute atomic E-state index is 6.66. The number of halogens is 4. The van der Waals surface area contributed by atoms with Crippen molar-refractivity contribution in [1.82, 2.24) is 0 Å². The van der Waals surface area contributed by atoms with Gasteiger partial charge in [0, 0.05) is 14.2 Å². The van der Waals surface area contributed by atoms with Crippen molar-refractivity contribution in [3.05, 3.63) is 54.5 Å². The molecule has 1 unspecified atom stereocenters. The molecule has 0 fully saturated rings. The summed E-state index contributed by atoms with van der Waals surface area (Å²) in [5.41, 5.74) is 1.80. The summed E-state index contributed by atoms with van der Waals surface area (Å²) in [5, 5.41) is 0.287. The van der Waals surface area contributed by atoms with Crippen molar-refractivity contribution in [3.63, 3.8) is 0 Å². The van der Waals surface area contributed by atoms with Crippen LogP contribution in [0.2, 0.25) is 5.02 Å². The Morgan fingerprint density at radius 3 is 2.43 bits per heavy atom. The third-order valence-electron chi connectivity index (χ3n) is 3.02. The second-order valence-corrected chi connectivity index (χ2v) is 7.06. The fraction of sp³-hybridized carbons (Fsp3) is 0.200. The lowest BCUT2D eigenvalue weighted by molar-refractivity contribution is 0.386. The van der Waals surface area contributed by atoms with Crippen molar-refractivity contribution >= 4 is 61.7 Å². The molecule has 0 aliphatic rings. The first-order valence-corrected chi connectivity index (χ1v) is 8.67. The maximum Gasteiger partial charge on any atom is 0.141 e. The van der Waals surface area contributed by atoms with Gasteiger partial charge in [-0.3, -0.25) is 0 Å². The molecule has 2 nitrogen and oxygen atoms in total. The number of hydrogen-bond donors (Lipinski definition) is 0. The molecule has 0 aromatic heterocycles. The van der Waals surface area contributed by atoms with Gasteiger partial charge in [0.05, 0.1) is 19.6 Å². The molecule has 0 aliphatic carbocycles. The summed E-state index contributed by atoms with van der Waals surface area (Å²) in [6.45, 7) is 0. The second kappa shape index (κ2) is 7.40. The topological polar surface area (TPSA) is 18.5 Å². The van der Waals surface area contributed by atoms with Gasteiger partial charge in [-0.05, 0) is 74.4 Å². The van der Waals surface area contributed by atoms with Gasteiger partial charge in [0.25, 0.3) is 0 Å². The van der Waals surface area contributed by atoms with E-state index in [0.29, 0.717) is 16.5 Å². The lowest BCUT2D eigenvalue weighted by Gasteiger charge is -2.18. The molecule has 6 heteroatoms. The average molecular weight is 502 g/mol. The average Bonchev–Trinajstić information content (AvgIpc) is 2.48. The molecule has 112 valence electrons. The van der Waals surface area contributed by atoms with Gasteiger partial charge in [-0.2, -0.15) is 0 Å². The molecule has 0 amide bonds. The highest BCUT2D eigenvalue weighted by molar-refractivity contribution is 14.1. The van der Waals surface area contributed by atoms with E-state index in [9.17, 15) is 0 Å². The van der Waals surface area contributed by atoms with E-state index in [1.165, 1.54) is 0 Å². The fourth-order valence-corrected chi connectivity index (χ4v) is 4.04. The molecular weight excluding hydrogens is 490 g/mol. The van der Waals surface area contributed by atoms with Gasteiger partial charge in [0.15, 0.2) is 0 Å². The van der Waals surface area contributed by atoms with Crippen molar-refractivity contribution in [2.24, 2.45) is 0 Å². The molecule has 0 heterocycles. The minimum atomic E-state index is -0.368. The van der Waals surface area contributed by atoms with E-state index in [2.05, 4.69) is 38.5 Å². The molecular formula is C15H12BrCl2IO2. The summed E-state index contributed by atoms with van der Waals surface area (Å²) in [5.74, 6) is 1.35. The van der Waals surface area contributed by atoms with Crippen LogP contribution in [0.15, 0.2) is 34.8 Å². The van der Waals surface area contributed by atoms with E-state index in [4.69, 9.17) is 32.7 Å². The van der Waals surface area contributed by atoms with E-state index in [0.717, 1.165) is 19.2 Å². The first-order valence-electron chi connectivity index (χ1n) is 5.99. The zero-order valence-electron chi connectivity index (χ0n) is 11.3. The van der Waals surface area contributed by atoms with Crippen molar-refractivity contribution in [1.29, 1.82) is 0 Å². The van der Waals surface area contributed by atoms with Gasteiger partial charge in [-0.1, -0.05) is 11.6 Å². The molecule has 0 saturated heterocycles. The van der Waals surface area contributed by atoms with E-state index in [1.54, 1.807) is 14.2 Å². The van der Waals surface area contributed by atoms with Crippen LogP contribution in [-0.4, -0.2) is 14.2 Å². The third-order valence-corrected chi connectivity index (χ3v) is 5.46. The van der Waals surface area contributed by atoms with Crippen molar-refractivity contribution < 1.29 is 9.47 Å². The molecule has 2 aromatic rings. The Bertz CT molecular complexity index is 664. The largest absolute Gasteiger partial charge is 0.495 e. The first kappa shape index (κ1) is 17.2. The molecule has 0 spiro atoms. The Balaban J connectivity index is 2.55. The SMILES string of the molecule is COc1ccc(C(Cl)c2cc(Cl)ccc2I)c(OC)c1Br. The smallest absolute Gasteiger partial charge is 0.141 e. The minimum absolute atomic E-state index is 0.368. The Hall–Kier alpha value is -0.170. The zero-order chi connectivity index (χ0) is 15.6. The molecule has 0 radical (unpaired) electrons. The van der Waals surface area contributed by atoms with Gasteiger partial charge in [0.1, 0.15) is 16.0 Å². The molecule has 2 aromatic carbocycles. The zero-order valence-corrected chi connectivity index (χ0v) is 16.5. The summed E-state index contributed by atoms with van der Waals surface area (Å²) in [7, 11) is 3.22. The molecule has 0 N–H and O–H groups in total. The highest BCUT2D eigenvalue weighted by Gasteiger charge is 2.22.